The minimum atomic E-state index is 0.0274. The summed E-state index contributed by atoms with van der Waals surface area (Å²) in [5.74, 6) is 0.184. The van der Waals surface area contributed by atoms with Crippen LogP contribution in [0.3, 0.4) is 0 Å². The Labute approximate surface area is 111 Å². The Kier molecular flexibility index (Phi) is 2.98. The second kappa shape index (κ2) is 4.66. The van der Waals surface area contributed by atoms with Gasteiger partial charge in [0, 0.05) is 24.2 Å². The first kappa shape index (κ1) is 12.2. The van der Waals surface area contributed by atoms with Crippen LogP contribution < -0.4 is 16.4 Å². The molecule has 5 nitrogen and oxygen atoms in total. The zero-order valence-corrected chi connectivity index (χ0v) is 10.6. The summed E-state index contributed by atoms with van der Waals surface area (Å²) in [5, 5.41) is 5.71. The van der Waals surface area contributed by atoms with E-state index in [0.29, 0.717) is 13.0 Å². The lowest BCUT2D eigenvalue weighted by Gasteiger charge is -2.31. The maximum absolute atomic E-state index is 11.8. The monoisotopic (exact) mass is 259 g/mol. The highest BCUT2D eigenvalue weighted by molar-refractivity contribution is 5.99. The summed E-state index contributed by atoms with van der Waals surface area (Å²) in [7, 11) is 0. The highest BCUT2D eigenvalue weighted by Crippen LogP contribution is 2.26. The SMILES string of the molecule is NC1CC(C(=O)NCc2ccc3c(c2)CC(=O)N3)C1. The number of fused-ring (bicyclic) bond motifs is 1. The van der Waals surface area contributed by atoms with Crippen molar-refractivity contribution in [3.05, 3.63) is 29.3 Å². The Morgan fingerprint density at radius 3 is 2.95 bits per heavy atom. The molecule has 0 spiro atoms. The zero-order chi connectivity index (χ0) is 13.4. The van der Waals surface area contributed by atoms with Gasteiger partial charge >= 0.3 is 0 Å². The minimum absolute atomic E-state index is 0.0274. The normalized spacial score (nSPS) is 24.4. The summed E-state index contributed by atoms with van der Waals surface area (Å²) >= 11 is 0. The fraction of sp³-hybridized carbons (Fsp3) is 0.429. The molecule has 0 saturated heterocycles. The third-order valence-corrected chi connectivity index (χ3v) is 3.81. The van der Waals surface area contributed by atoms with E-state index in [9.17, 15) is 9.59 Å². The van der Waals surface area contributed by atoms with E-state index >= 15 is 0 Å². The average molecular weight is 259 g/mol. The highest BCUT2D eigenvalue weighted by Gasteiger charge is 2.31. The number of benzene rings is 1. The van der Waals surface area contributed by atoms with E-state index in [0.717, 1.165) is 29.7 Å². The lowest BCUT2D eigenvalue weighted by atomic mass is 9.80. The molecule has 2 amide bonds. The standard InChI is InChI=1S/C14H17N3O2/c15-11-4-10(5-11)14(19)16-7-8-1-2-12-9(3-8)6-13(18)17-12/h1-3,10-11H,4-7,15H2,(H,16,19)(H,17,18). The molecular formula is C14H17N3O2. The molecule has 1 aromatic rings. The van der Waals surface area contributed by atoms with Gasteiger partial charge in [-0.1, -0.05) is 12.1 Å². The largest absolute Gasteiger partial charge is 0.352 e. The molecule has 0 aromatic heterocycles. The molecule has 0 atom stereocenters. The molecule has 4 N–H and O–H groups in total. The van der Waals surface area contributed by atoms with Gasteiger partial charge in [0.1, 0.15) is 0 Å². The number of nitrogens with one attached hydrogen (secondary N) is 2. The summed E-state index contributed by atoms with van der Waals surface area (Å²) in [5.41, 5.74) is 8.57. The van der Waals surface area contributed by atoms with Crippen molar-refractivity contribution >= 4 is 17.5 Å². The van der Waals surface area contributed by atoms with Crippen molar-refractivity contribution in [1.29, 1.82) is 0 Å². The van der Waals surface area contributed by atoms with Crippen LogP contribution in [0.25, 0.3) is 0 Å². The van der Waals surface area contributed by atoms with Crippen molar-refractivity contribution in [3.63, 3.8) is 0 Å². The van der Waals surface area contributed by atoms with Crippen molar-refractivity contribution in [3.8, 4) is 0 Å². The van der Waals surface area contributed by atoms with Gasteiger partial charge in [0.25, 0.3) is 0 Å². The van der Waals surface area contributed by atoms with Crippen LogP contribution in [0.15, 0.2) is 18.2 Å². The van der Waals surface area contributed by atoms with Gasteiger partial charge < -0.3 is 16.4 Å². The number of hydrogen-bond acceptors (Lipinski definition) is 3. The maximum atomic E-state index is 11.8. The van der Waals surface area contributed by atoms with Crippen LogP contribution in [0, 0.1) is 5.92 Å². The molecule has 0 radical (unpaired) electrons. The first-order valence-corrected chi connectivity index (χ1v) is 6.57. The van der Waals surface area contributed by atoms with Crippen molar-refractivity contribution in [2.75, 3.05) is 5.32 Å². The number of amides is 2. The molecule has 1 aliphatic carbocycles. The molecule has 19 heavy (non-hydrogen) atoms. The van der Waals surface area contributed by atoms with Crippen LogP contribution in [0.4, 0.5) is 5.69 Å². The number of nitrogens with two attached hydrogens (primary N) is 1. The van der Waals surface area contributed by atoms with E-state index in [1.165, 1.54) is 0 Å². The number of anilines is 1. The number of carbonyl (C=O) groups is 2. The summed E-state index contributed by atoms with van der Waals surface area (Å²) in [6.07, 6.45) is 2.00. The van der Waals surface area contributed by atoms with Crippen LogP contribution in [-0.2, 0) is 22.6 Å². The smallest absolute Gasteiger partial charge is 0.228 e. The van der Waals surface area contributed by atoms with E-state index in [-0.39, 0.29) is 23.8 Å². The van der Waals surface area contributed by atoms with E-state index in [1.807, 2.05) is 18.2 Å². The van der Waals surface area contributed by atoms with Crippen LogP contribution >= 0.6 is 0 Å². The molecule has 1 aromatic carbocycles. The Bertz CT molecular complexity index is 535. The molecule has 0 bridgehead atoms. The van der Waals surface area contributed by atoms with Gasteiger partial charge in [-0.3, -0.25) is 9.59 Å². The lowest BCUT2D eigenvalue weighted by molar-refractivity contribution is -0.128. The Morgan fingerprint density at radius 2 is 2.21 bits per heavy atom. The van der Waals surface area contributed by atoms with Gasteiger partial charge in [-0.25, -0.2) is 0 Å². The third-order valence-electron chi connectivity index (χ3n) is 3.81. The zero-order valence-electron chi connectivity index (χ0n) is 10.6. The second-order valence-electron chi connectivity index (χ2n) is 5.36. The topological polar surface area (TPSA) is 84.2 Å². The molecule has 5 heteroatoms. The van der Waals surface area contributed by atoms with Crippen molar-refractivity contribution in [1.82, 2.24) is 5.32 Å². The first-order chi connectivity index (χ1) is 9.11. The fourth-order valence-corrected chi connectivity index (χ4v) is 2.60. The molecule has 0 unspecified atom stereocenters. The highest BCUT2D eigenvalue weighted by atomic mass is 16.2. The van der Waals surface area contributed by atoms with Crippen LogP contribution in [-0.4, -0.2) is 17.9 Å². The Balaban J connectivity index is 1.57. The maximum Gasteiger partial charge on any atom is 0.228 e. The molecular weight excluding hydrogens is 242 g/mol. The summed E-state index contributed by atoms with van der Waals surface area (Å²) < 4.78 is 0. The average Bonchev–Trinajstić information content (AvgIpc) is 2.71. The molecule has 1 heterocycles. The van der Waals surface area contributed by atoms with E-state index in [2.05, 4.69) is 10.6 Å². The predicted molar refractivity (Wildman–Crippen MR) is 71.3 cm³/mol. The molecule has 2 aliphatic rings. The fourth-order valence-electron chi connectivity index (χ4n) is 2.60. The van der Waals surface area contributed by atoms with Crippen molar-refractivity contribution in [2.24, 2.45) is 11.7 Å². The molecule has 1 saturated carbocycles. The van der Waals surface area contributed by atoms with Crippen LogP contribution in [0.2, 0.25) is 0 Å². The quantitative estimate of drug-likeness (QED) is 0.740. The van der Waals surface area contributed by atoms with E-state index in [1.54, 1.807) is 0 Å². The summed E-state index contributed by atoms with van der Waals surface area (Å²) in [6, 6.07) is 5.98. The lowest BCUT2D eigenvalue weighted by Crippen LogP contribution is -2.44. The van der Waals surface area contributed by atoms with Gasteiger partial charge in [0.2, 0.25) is 11.8 Å². The second-order valence-corrected chi connectivity index (χ2v) is 5.36. The van der Waals surface area contributed by atoms with E-state index < -0.39 is 0 Å². The number of carbonyl (C=O) groups excluding carboxylic acids is 2. The van der Waals surface area contributed by atoms with Gasteiger partial charge in [0.05, 0.1) is 6.42 Å². The van der Waals surface area contributed by atoms with Crippen molar-refractivity contribution in [2.45, 2.75) is 31.8 Å². The van der Waals surface area contributed by atoms with Crippen LogP contribution in [0.1, 0.15) is 24.0 Å². The van der Waals surface area contributed by atoms with Gasteiger partial charge in [-0.2, -0.15) is 0 Å². The predicted octanol–water partition coefficient (Wildman–Crippen LogP) is 0.535. The number of hydrogen-bond donors (Lipinski definition) is 3. The van der Waals surface area contributed by atoms with Gasteiger partial charge in [0.15, 0.2) is 0 Å². The van der Waals surface area contributed by atoms with E-state index in [4.69, 9.17) is 5.73 Å². The van der Waals surface area contributed by atoms with Gasteiger partial charge in [-0.15, -0.1) is 0 Å². The van der Waals surface area contributed by atoms with Crippen molar-refractivity contribution < 1.29 is 9.59 Å². The molecule has 1 fully saturated rings. The van der Waals surface area contributed by atoms with Gasteiger partial charge in [-0.05, 0) is 30.0 Å². The minimum Gasteiger partial charge on any atom is -0.352 e. The molecule has 3 rings (SSSR count). The summed E-state index contributed by atoms with van der Waals surface area (Å²) in [4.78, 5) is 23.0. The molecule has 1 aliphatic heterocycles. The third kappa shape index (κ3) is 2.46. The first-order valence-electron chi connectivity index (χ1n) is 6.57. The van der Waals surface area contributed by atoms with Crippen LogP contribution in [0.5, 0.6) is 0 Å². The summed E-state index contributed by atoms with van der Waals surface area (Å²) in [6.45, 7) is 0.506. The Morgan fingerprint density at radius 1 is 1.42 bits per heavy atom. The number of rotatable bonds is 3. The molecule has 100 valence electrons. The Hall–Kier alpha value is -1.88.